The minimum Gasteiger partial charge on any atom is -0.478 e. The maximum atomic E-state index is 11.8. The molecule has 0 bridgehead atoms. The number of nitrogens with zero attached hydrogens (tertiary/aromatic N) is 1. The third-order valence-corrected chi connectivity index (χ3v) is 3.06. The molecule has 5 nitrogen and oxygen atoms in total. The van der Waals surface area contributed by atoms with Crippen molar-refractivity contribution in [3.8, 4) is 0 Å². The van der Waals surface area contributed by atoms with Crippen LogP contribution in [0.4, 0.5) is 0 Å². The lowest BCUT2D eigenvalue weighted by Gasteiger charge is -2.12. The van der Waals surface area contributed by atoms with Crippen LogP contribution in [0.2, 0.25) is 0 Å². The van der Waals surface area contributed by atoms with Crippen molar-refractivity contribution in [1.29, 1.82) is 0 Å². The summed E-state index contributed by atoms with van der Waals surface area (Å²) in [6.45, 7) is 5.64. The number of aromatic nitrogens is 1. The van der Waals surface area contributed by atoms with Gasteiger partial charge in [0, 0.05) is 25.0 Å². The SMILES string of the molecule is CCC(C)NC(=O)Cc1c(C(=O)O)c(C)cn1C. The third kappa shape index (κ3) is 3.12. The van der Waals surface area contributed by atoms with Gasteiger partial charge in [-0.2, -0.15) is 0 Å². The number of hydrogen-bond donors (Lipinski definition) is 2. The van der Waals surface area contributed by atoms with Gasteiger partial charge in [-0.05, 0) is 25.8 Å². The largest absolute Gasteiger partial charge is 0.478 e. The van der Waals surface area contributed by atoms with Crippen molar-refractivity contribution in [2.75, 3.05) is 0 Å². The Kier molecular flexibility index (Phi) is 4.53. The van der Waals surface area contributed by atoms with Gasteiger partial charge in [0.2, 0.25) is 5.91 Å². The lowest BCUT2D eigenvalue weighted by atomic mass is 10.1. The summed E-state index contributed by atoms with van der Waals surface area (Å²) in [5.74, 6) is -1.13. The molecule has 0 aromatic carbocycles. The van der Waals surface area contributed by atoms with E-state index in [9.17, 15) is 9.59 Å². The fraction of sp³-hybridized carbons (Fsp3) is 0.538. The first-order chi connectivity index (χ1) is 8.36. The number of amides is 1. The highest BCUT2D eigenvalue weighted by Crippen LogP contribution is 2.16. The van der Waals surface area contributed by atoms with Gasteiger partial charge < -0.3 is 15.0 Å². The van der Waals surface area contributed by atoms with E-state index in [2.05, 4.69) is 5.32 Å². The van der Waals surface area contributed by atoms with E-state index in [1.54, 1.807) is 24.7 Å². The summed E-state index contributed by atoms with van der Waals surface area (Å²) in [6, 6.07) is 0.104. The van der Waals surface area contributed by atoms with E-state index in [0.717, 1.165) is 6.42 Å². The molecule has 0 aliphatic rings. The highest BCUT2D eigenvalue weighted by atomic mass is 16.4. The van der Waals surface area contributed by atoms with E-state index in [-0.39, 0.29) is 23.9 Å². The zero-order chi connectivity index (χ0) is 13.9. The highest BCUT2D eigenvalue weighted by molar-refractivity contribution is 5.93. The standard InChI is InChI=1S/C13H20N2O3/c1-5-9(3)14-11(16)6-10-12(13(17)18)8(2)7-15(10)4/h7,9H,5-6H2,1-4H3,(H,14,16)(H,17,18). The maximum Gasteiger partial charge on any atom is 0.337 e. The summed E-state index contributed by atoms with van der Waals surface area (Å²) in [7, 11) is 1.76. The van der Waals surface area contributed by atoms with Gasteiger partial charge in [-0.3, -0.25) is 4.79 Å². The normalized spacial score (nSPS) is 12.2. The van der Waals surface area contributed by atoms with Crippen LogP contribution in [0.15, 0.2) is 6.20 Å². The predicted octanol–water partition coefficient (Wildman–Crippen LogP) is 1.49. The van der Waals surface area contributed by atoms with E-state index >= 15 is 0 Å². The number of rotatable bonds is 5. The Hall–Kier alpha value is -1.78. The van der Waals surface area contributed by atoms with Crippen molar-refractivity contribution in [3.63, 3.8) is 0 Å². The van der Waals surface area contributed by atoms with Gasteiger partial charge in [0.25, 0.3) is 0 Å². The van der Waals surface area contributed by atoms with Crippen LogP contribution in [0.25, 0.3) is 0 Å². The number of aryl methyl sites for hydroxylation is 2. The number of carbonyl (C=O) groups is 2. The molecule has 5 heteroatoms. The molecular formula is C13H20N2O3. The molecule has 1 amide bonds. The molecule has 1 aromatic rings. The highest BCUT2D eigenvalue weighted by Gasteiger charge is 2.20. The predicted molar refractivity (Wildman–Crippen MR) is 68.7 cm³/mol. The second-order valence-electron chi connectivity index (χ2n) is 4.60. The smallest absolute Gasteiger partial charge is 0.337 e. The fourth-order valence-corrected chi connectivity index (χ4v) is 1.92. The molecule has 18 heavy (non-hydrogen) atoms. The van der Waals surface area contributed by atoms with Gasteiger partial charge in [0.15, 0.2) is 0 Å². The van der Waals surface area contributed by atoms with Crippen molar-refractivity contribution >= 4 is 11.9 Å². The number of nitrogens with one attached hydrogen (secondary N) is 1. The molecule has 2 N–H and O–H groups in total. The molecule has 0 saturated heterocycles. The van der Waals surface area contributed by atoms with E-state index in [1.807, 2.05) is 13.8 Å². The van der Waals surface area contributed by atoms with Gasteiger partial charge in [0.05, 0.1) is 12.0 Å². The molecule has 0 aliphatic carbocycles. The van der Waals surface area contributed by atoms with E-state index in [4.69, 9.17) is 5.11 Å². The minimum absolute atomic E-state index is 0.0936. The third-order valence-electron chi connectivity index (χ3n) is 3.06. The topological polar surface area (TPSA) is 71.3 Å². The van der Waals surface area contributed by atoms with Gasteiger partial charge in [-0.1, -0.05) is 6.92 Å². The van der Waals surface area contributed by atoms with Crippen LogP contribution >= 0.6 is 0 Å². The molecule has 1 atom stereocenters. The van der Waals surface area contributed by atoms with E-state index in [1.165, 1.54) is 0 Å². The quantitative estimate of drug-likeness (QED) is 0.834. The Labute approximate surface area is 107 Å². The zero-order valence-corrected chi connectivity index (χ0v) is 11.3. The number of hydrogen-bond acceptors (Lipinski definition) is 2. The molecule has 1 rings (SSSR count). The summed E-state index contributed by atoms with van der Waals surface area (Å²) in [5.41, 5.74) is 1.45. The number of carboxylic acids is 1. The van der Waals surface area contributed by atoms with Crippen LogP contribution in [0.3, 0.4) is 0 Å². The van der Waals surface area contributed by atoms with Crippen molar-refractivity contribution in [3.05, 3.63) is 23.0 Å². The molecule has 1 unspecified atom stereocenters. The number of aromatic carboxylic acids is 1. The van der Waals surface area contributed by atoms with Gasteiger partial charge in [0.1, 0.15) is 0 Å². The fourth-order valence-electron chi connectivity index (χ4n) is 1.92. The second-order valence-corrected chi connectivity index (χ2v) is 4.60. The van der Waals surface area contributed by atoms with Crippen LogP contribution in [-0.4, -0.2) is 27.6 Å². The van der Waals surface area contributed by atoms with E-state index in [0.29, 0.717) is 11.3 Å². The van der Waals surface area contributed by atoms with E-state index < -0.39 is 5.97 Å². The van der Waals surface area contributed by atoms with Crippen LogP contribution in [0, 0.1) is 6.92 Å². The van der Waals surface area contributed by atoms with Crippen LogP contribution < -0.4 is 5.32 Å². The second kappa shape index (κ2) is 5.71. The van der Waals surface area contributed by atoms with Crippen molar-refractivity contribution < 1.29 is 14.7 Å². The molecule has 1 heterocycles. The van der Waals surface area contributed by atoms with Crippen LogP contribution in [0.5, 0.6) is 0 Å². The number of carboxylic acid groups (broad SMARTS) is 1. The Bertz CT molecular complexity index is 463. The van der Waals surface area contributed by atoms with Crippen molar-refractivity contribution in [1.82, 2.24) is 9.88 Å². The molecule has 0 fully saturated rings. The maximum absolute atomic E-state index is 11.8. The van der Waals surface area contributed by atoms with Gasteiger partial charge in [-0.15, -0.1) is 0 Å². The lowest BCUT2D eigenvalue weighted by molar-refractivity contribution is -0.121. The molecule has 1 aromatic heterocycles. The van der Waals surface area contributed by atoms with Crippen molar-refractivity contribution in [2.45, 2.75) is 39.7 Å². The first kappa shape index (κ1) is 14.3. The Balaban J connectivity index is 2.90. The molecule has 100 valence electrons. The van der Waals surface area contributed by atoms with Gasteiger partial charge in [-0.25, -0.2) is 4.79 Å². The molecule has 0 aliphatic heterocycles. The first-order valence-electron chi connectivity index (χ1n) is 6.04. The Morgan fingerprint density at radius 3 is 2.61 bits per heavy atom. The summed E-state index contributed by atoms with van der Waals surface area (Å²) in [6.07, 6.45) is 2.68. The average Bonchev–Trinajstić information content (AvgIpc) is 2.53. The van der Waals surface area contributed by atoms with Gasteiger partial charge >= 0.3 is 5.97 Å². The first-order valence-corrected chi connectivity index (χ1v) is 6.04. The lowest BCUT2D eigenvalue weighted by Crippen LogP contribution is -2.33. The monoisotopic (exact) mass is 252 g/mol. The molecule has 0 saturated carbocycles. The Morgan fingerprint density at radius 1 is 1.50 bits per heavy atom. The Morgan fingerprint density at radius 2 is 2.11 bits per heavy atom. The number of carbonyl (C=O) groups excluding carboxylic acids is 1. The van der Waals surface area contributed by atoms with Crippen LogP contribution in [-0.2, 0) is 18.3 Å². The molecule has 0 spiro atoms. The summed E-state index contributed by atoms with van der Waals surface area (Å²) in [5, 5.41) is 12.0. The summed E-state index contributed by atoms with van der Waals surface area (Å²) in [4.78, 5) is 23.0. The van der Waals surface area contributed by atoms with Crippen molar-refractivity contribution in [2.24, 2.45) is 7.05 Å². The molecular weight excluding hydrogens is 232 g/mol. The zero-order valence-electron chi connectivity index (χ0n) is 11.3. The summed E-state index contributed by atoms with van der Waals surface area (Å²) < 4.78 is 1.70. The van der Waals surface area contributed by atoms with Crippen LogP contribution in [0.1, 0.15) is 41.9 Å². The minimum atomic E-state index is -0.987. The molecule has 0 radical (unpaired) electrons. The summed E-state index contributed by atoms with van der Waals surface area (Å²) >= 11 is 0. The average molecular weight is 252 g/mol.